The average molecular weight is 320 g/mol. The van der Waals surface area contributed by atoms with Crippen LogP contribution in [0.2, 0.25) is 0 Å². The van der Waals surface area contributed by atoms with Crippen LogP contribution in [0.25, 0.3) is 11.1 Å². The first-order valence-electron chi connectivity index (χ1n) is 7.65. The maximum absolute atomic E-state index is 12.0. The van der Waals surface area contributed by atoms with Gasteiger partial charge in [-0.25, -0.2) is 4.79 Å². The number of aromatic nitrogens is 1. The minimum atomic E-state index is -0.351. The summed E-state index contributed by atoms with van der Waals surface area (Å²) in [5.41, 5.74) is 1.94. The first-order valence-corrected chi connectivity index (χ1v) is 7.65. The predicted octanol–water partition coefficient (Wildman–Crippen LogP) is 2.42. The molecule has 2 amide bonds. The van der Waals surface area contributed by atoms with E-state index in [0.717, 1.165) is 11.9 Å². The van der Waals surface area contributed by atoms with Gasteiger partial charge in [-0.1, -0.05) is 13.8 Å². The van der Waals surface area contributed by atoms with E-state index in [-0.39, 0.29) is 18.7 Å². The number of aliphatic hydroxyl groups is 1. The molecule has 0 fully saturated rings. The molecule has 126 valence electrons. The maximum Gasteiger partial charge on any atom is 0.319 e. The van der Waals surface area contributed by atoms with Crippen LogP contribution in [0, 0.1) is 5.92 Å². The van der Waals surface area contributed by atoms with E-state index in [9.17, 15) is 9.90 Å². The Morgan fingerprint density at radius 1 is 1.39 bits per heavy atom. The molecule has 7 nitrogen and oxygen atoms in total. The van der Waals surface area contributed by atoms with Crippen LogP contribution >= 0.6 is 0 Å². The molecule has 0 saturated carbocycles. The van der Waals surface area contributed by atoms with Crippen LogP contribution in [0.1, 0.15) is 20.3 Å². The van der Waals surface area contributed by atoms with Gasteiger partial charge in [-0.15, -0.1) is 0 Å². The summed E-state index contributed by atoms with van der Waals surface area (Å²) in [5.74, 6) is 0.391. The van der Waals surface area contributed by atoms with E-state index in [1.165, 1.54) is 0 Å². The van der Waals surface area contributed by atoms with Gasteiger partial charge in [0.2, 0.25) is 0 Å². The fraction of sp³-hybridized carbons (Fsp3) is 0.500. The number of amides is 2. The molecule has 1 unspecified atom stereocenters. The highest BCUT2D eigenvalue weighted by Gasteiger charge is 2.14. The van der Waals surface area contributed by atoms with Gasteiger partial charge in [0, 0.05) is 25.8 Å². The quantitative estimate of drug-likeness (QED) is 0.760. The van der Waals surface area contributed by atoms with Crippen LogP contribution in [-0.2, 0) is 0 Å². The molecule has 1 aromatic carbocycles. The zero-order valence-corrected chi connectivity index (χ0v) is 14.0. The number of carbonyl (C=O) groups excluding carboxylic acids is 1. The lowest BCUT2D eigenvalue weighted by Crippen LogP contribution is -2.40. The number of oxazole rings is 1. The average Bonchev–Trinajstić information content (AvgIpc) is 2.89. The van der Waals surface area contributed by atoms with Crippen LogP contribution in [0.3, 0.4) is 0 Å². The Kier molecular flexibility index (Phi) is 5.44. The van der Waals surface area contributed by atoms with Crippen LogP contribution in [0.4, 0.5) is 16.5 Å². The molecule has 0 saturated heterocycles. The molecular weight excluding hydrogens is 296 g/mol. The summed E-state index contributed by atoms with van der Waals surface area (Å²) in [6.07, 6.45) is 0.719. The summed E-state index contributed by atoms with van der Waals surface area (Å²) in [5, 5.41) is 14.8. The number of fused-ring (bicyclic) bond motifs is 1. The third-order valence-corrected chi connectivity index (χ3v) is 3.33. The Hall–Kier alpha value is -2.28. The molecule has 2 rings (SSSR count). The zero-order valence-electron chi connectivity index (χ0n) is 14.0. The minimum Gasteiger partial charge on any atom is -0.423 e. The standard InChI is InChI=1S/C16H24N4O3/c1-10(2)7-12(9-21)18-15(22)17-11-5-6-13-14(8-11)23-16(19-13)20(3)4/h5-6,8,10,12,21H,7,9H2,1-4H3,(H2,17,18,22). The van der Waals surface area contributed by atoms with E-state index in [1.54, 1.807) is 23.1 Å². The number of benzene rings is 1. The fourth-order valence-corrected chi connectivity index (χ4v) is 2.28. The number of aliphatic hydroxyl groups excluding tert-OH is 1. The monoisotopic (exact) mass is 320 g/mol. The van der Waals surface area contributed by atoms with Crippen molar-refractivity contribution in [2.75, 3.05) is 30.9 Å². The van der Waals surface area contributed by atoms with Crippen LogP contribution in [-0.4, -0.2) is 42.9 Å². The molecule has 7 heteroatoms. The molecule has 3 N–H and O–H groups in total. The van der Waals surface area contributed by atoms with E-state index in [4.69, 9.17) is 4.42 Å². The summed E-state index contributed by atoms with van der Waals surface area (Å²) in [6, 6.07) is 5.18. The van der Waals surface area contributed by atoms with E-state index in [1.807, 2.05) is 27.9 Å². The van der Waals surface area contributed by atoms with Gasteiger partial charge in [-0.3, -0.25) is 0 Å². The van der Waals surface area contributed by atoms with Crippen molar-refractivity contribution in [1.29, 1.82) is 0 Å². The molecule has 1 aromatic heterocycles. The van der Waals surface area contributed by atoms with E-state index in [0.29, 0.717) is 23.2 Å². The van der Waals surface area contributed by atoms with Gasteiger partial charge in [0.25, 0.3) is 6.01 Å². The Balaban J connectivity index is 2.04. The predicted molar refractivity (Wildman–Crippen MR) is 90.8 cm³/mol. The summed E-state index contributed by atoms with van der Waals surface area (Å²) < 4.78 is 5.61. The Morgan fingerprint density at radius 2 is 2.13 bits per heavy atom. The normalized spacial score (nSPS) is 12.4. The van der Waals surface area contributed by atoms with Crippen molar-refractivity contribution in [3.05, 3.63) is 18.2 Å². The molecule has 1 heterocycles. The van der Waals surface area contributed by atoms with Gasteiger partial charge < -0.3 is 25.1 Å². The highest BCUT2D eigenvalue weighted by molar-refractivity contribution is 5.91. The maximum atomic E-state index is 12.0. The highest BCUT2D eigenvalue weighted by atomic mass is 16.4. The third-order valence-electron chi connectivity index (χ3n) is 3.33. The van der Waals surface area contributed by atoms with Gasteiger partial charge >= 0.3 is 6.03 Å². The number of anilines is 2. The fourth-order valence-electron chi connectivity index (χ4n) is 2.28. The molecular formula is C16H24N4O3. The van der Waals surface area contributed by atoms with Crippen LogP contribution < -0.4 is 15.5 Å². The minimum absolute atomic E-state index is 0.0844. The topological polar surface area (TPSA) is 90.6 Å². The van der Waals surface area contributed by atoms with Gasteiger partial charge in [-0.05, 0) is 24.5 Å². The van der Waals surface area contributed by atoms with E-state index < -0.39 is 0 Å². The van der Waals surface area contributed by atoms with Crippen molar-refractivity contribution >= 4 is 28.8 Å². The zero-order chi connectivity index (χ0) is 17.0. The number of nitrogens with one attached hydrogen (secondary N) is 2. The second-order valence-electron chi connectivity index (χ2n) is 6.18. The summed E-state index contributed by atoms with van der Waals surface area (Å²) in [6.45, 7) is 4.00. The van der Waals surface area contributed by atoms with Gasteiger partial charge in [-0.2, -0.15) is 4.98 Å². The number of urea groups is 1. The number of hydrogen-bond donors (Lipinski definition) is 3. The molecule has 0 aliphatic carbocycles. The number of hydrogen-bond acceptors (Lipinski definition) is 5. The molecule has 2 aromatic rings. The van der Waals surface area contributed by atoms with Gasteiger partial charge in [0.05, 0.1) is 12.6 Å². The Bertz CT molecular complexity index is 666. The number of carbonyl (C=O) groups is 1. The van der Waals surface area contributed by atoms with Crippen molar-refractivity contribution in [2.24, 2.45) is 5.92 Å². The molecule has 0 bridgehead atoms. The highest BCUT2D eigenvalue weighted by Crippen LogP contribution is 2.23. The molecule has 0 aliphatic rings. The smallest absolute Gasteiger partial charge is 0.319 e. The van der Waals surface area contributed by atoms with Crippen molar-refractivity contribution in [3.8, 4) is 0 Å². The summed E-state index contributed by atoms with van der Waals surface area (Å²) >= 11 is 0. The van der Waals surface area contributed by atoms with Crippen molar-refractivity contribution in [1.82, 2.24) is 10.3 Å². The molecule has 0 aliphatic heterocycles. The van der Waals surface area contributed by atoms with Gasteiger partial charge in [0.1, 0.15) is 5.52 Å². The molecule has 0 spiro atoms. The van der Waals surface area contributed by atoms with Gasteiger partial charge in [0.15, 0.2) is 5.58 Å². The third kappa shape index (κ3) is 4.59. The first-order chi connectivity index (χ1) is 10.9. The molecule has 1 atom stereocenters. The van der Waals surface area contributed by atoms with Crippen LogP contribution in [0.5, 0.6) is 0 Å². The van der Waals surface area contributed by atoms with E-state index in [2.05, 4.69) is 15.6 Å². The van der Waals surface area contributed by atoms with Crippen molar-refractivity contribution in [2.45, 2.75) is 26.3 Å². The SMILES string of the molecule is CC(C)CC(CO)NC(=O)Nc1ccc2nc(N(C)C)oc2c1. The Morgan fingerprint density at radius 3 is 2.74 bits per heavy atom. The Labute approximate surface area is 135 Å². The largest absolute Gasteiger partial charge is 0.423 e. The van der Waals surface area contributed by atoms with Crippen LogP contribution in [0.15, 0.2) is 22.6 Å². The lowest BCUT2D eigenvalue weighted by Gasteiger charge is -2.18. The lowest BCUT2D eigenvalue weighted by molar-refractivity contribution is 0.214. The second kappa shape index (κ2) is 7.32. The van der Waals surface area contributed by atoms with Crippen molar-refractivity contribution < 1.29 is 14.3 Å². The van der Waals surface area contributed by atoms with E-state index >= 15 is 0 Å². The summed E-state index contributed by atoms with van der Waals surface area (Å²) in [4.78, 5) is 18.1. The van der Waals surface area contributed by atoms with Crippen molar-refractivity contribution in [3.63, 3.8) is 0 Å². The molecule has 23 heavy (non-hydrogen) atoms. The molecule has 0 radical (unpaired) electrons. The number of rotatable bonds is 6. The number of nitrogens with zero attached hydrogens (tertiary/aromatic N) is 2. The lowest BCUT2D eigenvalue weighted by atomic mass is 10.0. The first kappa shape index (κ1) is 17.1. The summed E-state index contributed by atoms with van der Waals surface area (Å²) in [7, 11) is 3.70. The second-order valence-corrected chi connectivity index (χ2v) is 6.18.